The molecular weight excluding hydrogens is 401 g/mol. The molecule has 0 fully saturated rings. The predicted molar refractivity (Wildman–Crippen MR) is 140 cm³/mol. The van der Waals surface area contributed by atoms with Crippen molar-refractivity contribution in [3.63, 3.8) is 0 Å². The van der Waals surface area contributed by atoms with Gasteiger partial charge in [-0.3, -0.25) is 0 Å². The first-order valence-corrected chi connectivity index (χ1v) is 11.7. The summed E-state index contributed by atoms with van der Waals surface area (Å²) in [5, 5.41) is 10.4. The molecule has 2 nitrogen and oxygen atoms in total. The van der Waals surface area contributed by atoms with Gasteiger partial charge in [0.15, 0.2) is 0 Å². The Bertz CT molecular complexity index is 1430. The van der Waals surface area contributed by atoms with Gasteiger partial charge in [-0.2, -0.15) is 0 Å². The second-order valence-electron chi connectivity index (χ2n) is 10.3. The lowest BCUT2D eigenvalue weighted by Crippen LogP contribution is -2.64. The number of phenols is 1. The van der Waals surface area contributed by atoms with Gasteiger partial charge in [0.2, 0.25) is 6.71 Å². The highest BCUT2D eigenvalue weighted by atomic mass is 16.3. The Morgan fingerprint density at radius 3 is 2.18 bits per heavy atom. The highest BCUT2D eigenvalue weighted by molar-refractivity contribution is 6.99. The van der Waals surface area contributed by atoms with Crippen molar-refractivity contribution in [2.45, 2.75) is 40.0 Å². The van der Waals surface area contributed by atoms with Gasteiger partial charge < -0.3 is 10.0 Å². The van der Waals surface area contributed by atoms with Gasteiger partial charge in [0.1, 0.15) is 5.75 Å². The summed E-state index contributed by atoms with van der Waals surface area (Å²) >= 11 is 0. The van der Waals surface area contributed by atoms with Gasteiger partial charge in [-0.05, 0) is 84.8 Å². The number of aromatic hydroxyl groups is 1. The lowest BCUT2D eigenvalue weighted by molar-refractivity contribution is 0.472. The van der Waals surface area contributed by atoms with E-state index >= 15 is 0 Å². The second kappa shape index (κ2) is 6.77. The number of phenolic OH excluding ortho intramolecular Hbond substituents is 1. The van der Waals surface area contributed by atoms with Crippen molar-refractivity contribution >= 4 is 40.2 Å². The van der Waals surface area contributed by atoms with E-state index in [9.17, 15) is 5.11 Å². The molecule has 1 N–H and O–H groups in total. The van der Waals surface area contributed by atoms with Crippen LogP contribution in [0.5, 0.6) is 5.75 Å². The third-order valence-corrected chi connectivity index (χ3v) is 7.63. The Morgan fingerprint density at radius 1 is 0.727 bits per heavy atom. The molecule has 0 radical (unpaired) electrons. The van der Waals surface area contributed by atoms with Crippen LogP contribution < -0.4 is 21.3 Å². The van der Waals surface area contributed by atoms with Crippen LogP contribution in [-0.4, -0.2) is 11.8 Å². The van der Waals surface area contributed by atoms with E-state index in [1.165, 1.54) is 61.3 Å². The molecule has 0 bridgehead atoms. The molecule has 0 atom stereocenters. The minimum Gasteiger partial charge on any atom is -0.508 e. The zero-order chi connectivity index (χ0) is 23.1. The number of fused-ring (bicyclic) bond motifs is 4. The maximum absolute atomic E-state index is 10.4. The molecule has 162 valence electrons. The first-order chi connectivity index (χ1) is 15.8. The van der Waals surface area contributed by atoms with E-state index < -0.39 is 0 Å². The molecule has 6 rings (SSSR count). The SMILES string of the molecule is Cc1ccc(N2c3ccc(C)cc3B3c4ccc(O)cc4C(C)(C)c4c(C)ccc2c43)cc1. The van der Waals surface area contributed by atoms with Crippen LogP contribution in [0.4, 0.5) is 17.1 Å². The summed E-state index contributed by atoms with van der Waals surface area (Å²) in [5.41, 5.74) is 13.9. The van der Waals surface area contributed by atoms with Gasteiger partial charge in [-0.25, -0.2) is 0 Å². The molecule has 0 unspecified atom stereocenters. The Hall–Kier alpha value is -3.46. The number of hydrogen-bond acceptors (Lipinski definition) is 2. The van der Waals surface area contributed by atoms with Crippen molar-refractivity contribution in [1.82, 2.24) is 0 Å². The smallest absolute Gasteiger partial charge is 0.247 e. The monoisotopic (exact) mass is 429 g/mol. The molecule has 0 aromatic heterocycles. The molecule has 2 aliphatic heterocycles. The van der Waals surface area contributed by atoms with Crippen molar-refractivity contribution in [2.24, 2.45) is 0 Å². The minimum absolute atomic E-state index is 0.148. The molecule has 0 amide bonds. The fourth-order valence-corrected chi connectivity index (χ4v) is 6.20. The number of rotatable bonds is 1. The fraction of sp³-hybridized carbons (Fsp3) is 0.200. The maximum atomic E-state index is 10.4. The summed E-state index contributed by atoms with van der Waals surface area (Å²) < 4.78 is 0. The third kappa shape index (κ3) is 2.75. The Balaban J connectivity index is 1.75. The van der Waals surface area contributed by atoms with Crippen LogP contribution in [0.25, 0.3) is 0 Å². The zero-order valence-corrected chi connectivity index (χ0v) is 19.9. The molecule has 0 aliphatic carbocycles. The molecule has 4 aromatic carbocycles. The quantitative estimate of drug-likeness (QED) is 0.368. The molecule has 2 aliphatic rings. The van der Waals surface area contributed by atoms with Crippen molar-refractivity contribution in [2.75, 3.05) is 4.90 Å². The van der Waals surface area contributed by atoms with E-state index in [0.717, 1.165) is 0 Å². The number of aryl methyl sites for hydroxylation is 3. The van der Waals surface area contributed by atoms with E-state index in [2.05, 4.69) is 100 Å². The Labute approximate surface area is 196 Å². The average Bonchev–Trinajstić information content (AvgIpc) is 2.78. The summed E-state index contributed by atoms with van der Waals surface area (Å²) in [6.45, 7) is 11.3. The van der Waals surface area contributed by atoms with E-state index in [0.29, 0.717) is 5.75 Å². The zero-order valence-electron chi connectivity index (χ0n) is 19.9. The van der Waals surface area contributed by atoms with E-state index in [-0.39, 0.29) is 12.1 Å². The predicted octanol–water partition coefficient (Wildman–Crippen LogP) is 5.26. The summed E-state index contributed by atoms with van der Waals surface area (Å²) in [5.74, 6) is 0.334. The maximum Gasteiger partial charge on any atom is 0.247 e. The number of hydrogen-bond donors (Lipinski definition) is 1. The fourth-order valence-electron chi connectivity index (χ4n) is 6.20. The summed E-state index contributed by atoms with van der Waals surface area (Å²) in [4.78, 5) is 2.43. The number of anilines is 3. The van der Waals surface area contributed by atoms with Crippen LogP contribution in [0, 0.1) is 20.8 Å². The van der Waals surface area contributed by atoms with Crippen LogP contribution in [-0.2, 0) is 5.41 Å². The van der Waals surface area contributed by atoms with Gasteiger partial charge in [0.25, 0.3) is 0 Å². The van der Waals surface area contributed by atoms with Gasteiger partial charge >= 0.3 is 0 Å². The van der Waals surface area contributed by atoms with Gasteiger partial charge in [-0.15, -0.1) is 0 Å². The molecule has 4 aromatic rings. The van der Waals surface area contributed by atoms with E-state index in [1.54, 1.807) is 0 Å². The van der Waals surface area contributed by atoms with E-state index in [4.69, 9.17) is 0 Å². The second-order valence-corrected chi connectivity index (χ2v) is 10.3. The summed E-state index contributed by atoms with van der Waals surface area (Å²) in [7, 11) is 0. The van der Waals surface area contributed by atoms with Crippen LogP contribution in [0.15, 0.2) is 72.8 Å². The van der Waals surface area contributed by atoms with E-state index in [1.807, 2.05) is 12.1 Å². The molecule has 33 heavy (non-hydrogen) atoms. The topological polar surface area (TPSA) is 23.5 Å². The van der Waals surface area contributed by atoms with Crippen molar-refractivity contribution in [3.05, 3.63) is 101 Å². The van der Waals surface area contributed by atoms with Gasteiger partial charge in [0, 0.05) is 22.5 Å². The minimum atomic E-state index is -0.208. The van der Waals surface area contributed by atoms with Gasteiger partial charge in [-0.1, -0.05) is 66.8 Å². The molecule has 2 heterocycles. The van der Waals surface area contributed by atoms with Gasteiger partial charge in [0.05, 0.1) is 0 Å². The molecule has 0 saturated heterocycles. The number of benzene rings is 4. The van der Waals surface area contributed by atoms with Crippen LogP contribution >= 0.6 is 0 Å². The first kappa shape index (κ1) is 20.2. The van der Waals surface area contributed by atoms with Crippen LogP contribution in [0.2, 0.25) is 0 Å². The molecule has 3 heteroatoms. The van der Waals surface area contributed by atoms with Crippen molar-refractivity contribution in [3.8, 4) is 5.75 Å². The largest absolute Gasteiger partial charge is 0.508 e. The van der Waals surface area contributed by atoms with Crippen molar-refractivity contribution in [1.29, 1.82) is 0 Å². The highest BCUT2D eigenvalue weighted by Crippen LogP contribution is 2.43. The highest BCUT2D eigenvalue weighted by Gasteiger charge is 2.46. The summed E-state index contributed by atoms with van der Waals surface area (Å²) in [6.07, 6.45) is 0. The Kier molecular flexibility index (Phi) is 4.14. The Morgan fingerprint density at radius 2 is 1.42 bits per heavy atom. The van der Waals surface area contributed by atoms with Crippen LogP contribution in [0.3, 0.4) is 0 Å². The molecular formula is C30H28BNO. The summed E-state index contributed by atoms with van der Waals surface area (Å²) in [6, 6.07) is 26.2. The average molecular weight is 429 g/mol. The number of nitrogens with zero attached hydrogens (tertiary/aromatic N) is 1. The van der Waals surface area contributed by atoms with Crippen molar-refractivity contribution < 1.29 is 5.11 Å². The third-order valence-electron chi connectivity index (χ3n) is 7.63. The normalized spacial score (nSPS) is 15.1. The lowest BCUT2D eigenvalue weighted by Gasteiger charge is -2.46. The first-order valence-electron chi connectivity index (χ1n) is 11.7. The standard InChI is InChI=1S/C30H28BNO/c1-18-6-10-21(11-7-18)32-26-14-8-19(2)16-25(26)31-24-13-12-22(33)17-23(24)30(4,5)28-20(3)9-15-27(32)29(28)31/h6-17,33H,1-5H3. The van der Waals surface area contributed by atoms with Crippen LogP contribution in [0.1, 0.15) is 41.7 Å². The molecule has 0 saturated carbocycles. The lowest BCUT2D eigenvalue weighted by atomic mass is 9.30. The molecule has 0 spiro atoms.